The largest absolute Gasteiger partial charge is 0.461 e. The van der Waals surface area contributed by atoms with Crippen molar-refractivity contribution < 1.29 is 9.53 Å². The molecule has 1 N–H and O–H groups in total. The van der Waals surface area contributed by atoms with Crippen molar-refractivity contribution in [3.63, 3.8) is 0 Å². The van der Waals surface area contributed by atoms with Crippen molar-refractivity contribution in [3.05, 3.63) is 0 Å². The molecular weight excluding hydrogens is 202 g/mol. The Hall–Kier alpha value is -0.570. The van der Waals surface area contributed by atoms with E-state index in [1.807, 2.05) is 14.0 Å². The third-order valence-electron chi connectivity index (χ3n) is 3.64. The highest BCUT2D eigenvalue weighted by Crippen LogP contribution is 2.28. The summed E-state index contributed by atoms with van der Waals surface area (Å²) >= 11 is 0. The Morgan fingerprint density at radius 2 is 2.19 bits per heavy atom. The molecule has 1 saturated carbocycles. The molecule has 3 atom stereocenters. The number of likely N-dealkylation sites (N-methyl/N-ethyl adjacent to an activating group) is 1. The molecule has 0 radical (unpaired) electrons. The van der Waals surface area contributed by atoms with E-state index >= 15 is 0 Å². The van der Waals surface area contributed by atoms with Crippen molar-refractivity contribution in [2.45, 2.75) is 64.5 Å². The van der Waals surface area contributed by atoms with E-state index in [0.717, 1.165) is 25.2 Å². The molecule has 0 spiro atoms. The van der Waals surface area contributed by atoms with E-state index in [4.69, 9.17) is 4.74 Å². The van der Waals surface area contributed by atoms with Gasteiger partial charge < -0.3 is 10.1 Å². The van der Waals surface area contributed by atoms with Crippen LogP contribution in [0.4, 0.5) is 0 Å². The van der Waals surface area contributed by atoms with Crippen LogP contribution in [0.2, 0.25) is 0 Å². The second-order valence-corrected chi connectivity index (χ2v) is 4.75. The molecule has 94 valence electrons. The van der Waals surface area contributed by atoms with Crippen LogP contribution < -0.4 is 5.32 Å². The number of nitrogens with one attached hydrogen (secondary N) is 1. The lowest BCUT2D eigenvalue weighted by molar-refractivity contribution is -0.153. The second kappa shape index (κ2) is 6.89. The maximum Gasteiger partial charge on any atom is 0.323 e. The van der Waals surface area contributed by atoms with Crippen LogP contribution in [-0.4, -0.2) is 25.2 Å². The first-order chi connectivity index (χ1) is 7.71. The number of ether oxygens (including phenoxy) is 1. The quantitative estimate of drug-likeness (QED) is 0.733. The highest BCUT2D eigenvalue weighted by atomic mass is 16.5. The van der Waals surface area contributed by atoms with Crippen molar-refractivity contribution in [2.75, 3.05) is 7.05 Å². The molecule has 1 aliphatic rings. The van der Waals surface area contributed by atoms with E-state index in [1.165, 1.54) is 19.3 Å². The average molecular weight is 227 g/mol. The van der Waals surface area contributed by atoms with Gasteiger partial charge in [-0.05, 0) is 38.6 Å². The van der Waals surface area contributed by atoms with E-state index in [9.17, 15) is 4.79 Å². The highest BCUT2D eigenvalue weighted by Gasteiger charge is 2.26. The van der Waals surface area contributed by atoms with Gasteiger partial charge in [-0.2, -0.15) is 0 Å². The molecule has 1 aliphatic carbocycles. The zero-order valence-corrected chi connectivity index (χ0v) is 10.8. The second-order valence-electron chi connectivity index (χ2n) is 4.75. The summed E-state index contributed by atoms with van der Waals surface area (Å²) in [5.74, 6) is 0.674. The van der Waals surface area contributed by atoms with Crippen LogP contribution in [0.15, 0.2) is 0 Å². The van der Waals surface area contributed by atoms with Gasteiger partial charge in [0.2, 0.25) is 0 Å². The minimum Gasteiger partial charge on any atom is -0.461 e. The lowest BCUT2D eigenvalue weighted by atomic mass is 9.85. The topological polar surface area (TPSA) is 38.3 Å². The molecule has 3 unspecified atom stereocenters. The first-order valence-corrected chi connectivity index (χ1v) is 6.59. The summed E-state index contributed by atoms with van der Waals surface area (Å²) in [6.45, 7) is 4.22. The zero-order valence-electron chi connectivity index (χ0n) is 10.8. The fraction of sp³-hybridized carbons (Fsp3) is 0.923. The van der Waals surface area contributed by atoms with Gasteiger partial charge in [-0.25, -0.2) is 0 Å². The summed E-state index contributed by atoms with van der Waals surface area (Å²) in [5, 5.41) is 2.99. The van der Waals surface area contributed by atoms with Crippen LogP contribution in [-0.2, 0) is 9.53 Å². The molecule has 0 bridgehead atoms. The van der Waals surface area contributed by atoms with Gasteiger partial charge in [0.15, 0.2) is 0 Å². The Labute approximate surface area is 98.9 Å². The minimum absolute atomic E-state index is 0.0771. The average Bonchev–Trinajstić information content (AvgIpc) is 2.31. The van der Waals surface area contributed by atoms with Gasteiger partial charge in [-0.15, -0.1) is 0 Å². The normalized spacial score (nSPS) is 27.4. The van der Waals surface area contributed by atoms with Crippen molar-refractivity contribution >= 4 is 5.97 Å². The lowest BCUT2D eigenvalue weighted by Gasteiger charge is -2.29. The standard InChI is InChI=1S/C13H25NO2/c1-4-10-7-6-8-11(9-10)16-13(15)12(5-2)14-3/h10-12,14H,4-9H2,1-3H3. The summed E-state index contributed by atoms with van der Waals surface area (Å²) in [7, 11) is 1.81. The Kier molecular flexibility index (Phi) is 5.81. The molecule has 0 aromatic heterocycles. The van der Waals surface area contributed by atoms with Gasteiger partial charge in [-0.1, -0.05) is 26.7 Å². The molecule has 0 amide bonds. The van der Waals surface area contributed by atoms with E-state index in [2.05, 4.69) is 12.2 Å². The lowest BCUT2D eigenvalue weighted by Crippen LogP contribution is -2.38. The molecule has 0 aromatic rings. The summed E-state index contributed by atoms with van der Waals surface area (Å²) in [4.78, 5) is 11.8. The van der Waals surface area contributed by atoms with Gasteiger partial charge in [0.25, 0.3) is 0 Å². The monoisotopic (exact) mass is 227 g/mol. The number of carbonyl (C=O) groups is 1. The van der Waals surface area contributed by atoms with E-state index in [1.54, 1.807) is 0 Å². The predicted molar refractivity (Wildman–Crippen MR) is 65.3 cm³/mol. The molecular formula is C13H25NO2. The minimum atomic E-state index is -0.137. The maximum atomic E-state index is 11.8. The Balaban J connectivity index is 2.38. The number of carbonyl (C=O) groups excluding carboxylic acids is 1. The van der Waals surface area contributed by atoms with Crippen LogP contribution >= 0.6 is 0 Å². The Morgan fingerprint density at radius 1 is 1.44 bits per heavy atom. The van der Waals surface area contributed by atoms with Crippen molar-refractivity contribution in [1.29, 1.82) is 0 Å². The van der Waals surface area contributed by atoms with Gasteiger partial charge >= 0.3 is 5.97 Å². The fourth-order valence-corrected chi connectivity index (χ4v) is 2.45. The number of hydrogen-bond acceptors (Lipinski definition) is 3. The van der Waals surface area contributed by atoms with Crippen molar-refractivity contribution in [3.8, 4) is 0 Å². The molecule has 3 heteroatoms. The molecule has 0 heterocycles. The van der Waals surface area contributed by atoms with Crippen LogP contribution in [0.3, 0.4) is 0 Å². The Morgan fingerprint density at radius 3 is 2.75 bits per heavy atom. The van der Waals surface area contributed by atoms with E-state index in [-0.39, 0.29) is 18.1 Å². The molecule has 16 heavy (non-hydrogen) atoms. The molecule has 1 rings (SSSR count). The van der Waals surface area contributed by atoms with Crippen LogP contribution in [0, 0.1) is 5.92 Å². The molecule has 3 nitrogen and oxygen atoms in total. The molecule has 0 aromatic carbocycles. The first kappa shape index (κ1) is 13.5. The fourth-order valence-electron chi connectivity index (χ4n) is 2.45. The maximum absolute atomic E-state index is 11.8. The number of hydrogen-bond donors (Lipinski definition) is 1. The molecule has 0 aliphatic heterocycles. The third kappa shape index (κ3) is 3.78. The summed E-state index contributed by atoms with van der Waals surface area (Å²) in [5.41, 5.74) is 0. The first-order valence-electron chi connectivity index (χ1n) is 6.59. The Bertz CT molecular complexity index is 214. The van der Waals surface area contributed by atoms with E-state index in [0.29, 0.717) is 0 Å². The van der Waals surface area contributed by atoms with Crippen LogP contribution in [0.25, 0.3) is 0 Å². The SMILES string of the molecule is CCC1CCCC(OC(=O)C(CC)NC)C1. The van der Waals surface area contributed by atoms with Crippen molar-refractivity contribution in [1.82, 2.24) is 5.32 Å². The van der Waals surface area contributed by atoms with Gasteiger partial charge in [0.05, 0.1) is 0 Å². The highest BCUT2D eigenvalue weighted by molar-refractivity contribution is 5.75. The summed E-state index contributed by atoms with van der Waals surface area (Å²) < 4.78 is 5.57. The van der Waals surface area contributed by atoms with Gasteiger partial charge in [0, 0.05) is 0 Å². The molecule has 1 fully saturated rings. The van der Waals surface area contributed by atoms with Crippen molar-refractivity contribution in [2.24, 2.45) is 5.92 Å². The number of rotatable bonds is 5. The molecule has 0 saturated heterocycles. The zero-order chi connectivity index (χ0) is 12.0. The van der Waals surface area contributed by atoms with E-state index < -0.39 is 0 Å². The number of esters is 1. The predicted octanol–water partition coefficient (Wildman–Crippen LogP) is 2.50. The van der Waals surface area contributed by atoms with Gasteiger partial charge in [0.1, 0.15) is 12.1 Å². The summed E-state index contributed by atoms with van der Waals surface area (Å²) in [6.07, 6.45) is 6.76. The smallest absolute Gasteiger partial charge is 0.323 e. The summed E-state index contributed by atoms with van der Waals surface area (Å²) in [6, 6.07) is -0.137. The van der Waals surface area contributed by atoms with Gasteiger partial charge in [-0.3, -0.25) is 4.79 Å². The van der Waals surface area contributed by atoms with Crippen LogP contribution in [0.1, 0.15) is 52.4 Å². The van der Waals surface area contributed by atoms with Crippen LogP contribution in [0.5, 0.6) is 0 Å². The third-order valence-corrected chi connectivity index (χ3v) is 3.64.